The molecule has 0 spiro atoms. The summed E-state index contributed by atoms with van der Waals surface area (Å²) in [6, 6.07) is 21.2. The molecule has 0 amide bonds. The van der Waals surface area contributed by atoms with Crippen LogP contribution in [0.15, 0.2) is 83.7 Å². The minimum atomic E-state index is -4.49. The molecule has 4 aromatic rings. The Morgan fingerprint density at radius 1 is 0.857 bits per heavy atom. The molecule has 1 heterocycles. The number of fused-ring (bicyclic) bond motifs is 1. The standard InChI is InChI=1S/C22H15F3N2O/c23-22(24,25)17-10-6-9-16(13-17)20-21(28)27(14-15-7-2-1-3-8-15)19-12-5-4-11-18(19)26-20/h1-13H,14H2. The van der Waals surface area contributed by atoms with Gasteiger partial charge in [-0.3, -0.25) is 4.79 Å². The number of halogens is 3. The number of alkyl halides is 3. The van der Waals surface area contributed by atoms with Crippen molar-refractivity contribution in [3.8, 4) is 11.3 Å². The van der Waals surface area contributed by atoms with E-state index in [2.05, 4.69) is 4.98 Å². The monoisotopic (exact) mass is 380 g/mol. The van der Waals surface area contributed by atoms with Crippen molar-refractivity contribution in [2.45, 2.75) is 12.7 Å². The van der Waals surface area contributed by atoms with Crippen LogP contribution in [0.1, 0.15) is 11.1 Å². The summed E-state index contributed by atoms with van der Waals surface area (Å²) in [6.45, 7) is 0.300. The molecule has 0 radical (unpaired) electrons. The van der Waals surface area contributed by atoms with Crippen LogP contribution in [0.5, 0.6) is 0 Å². The van der Waals surface area contributed by atoms with Crippen LogP contribution in [0.4, 0.5) is 13.2 Å². The topological polar surface area (TPSA) is 34.9 Å². The van der Waals surface area contributed by atoms with Gasteiger partial charge >= 0.3 is 6.18 Å². The first-order valence-electron chi connectivity index (χ1n) is 8.64. The van der Waals surface area contributed by atoms with E-state index in [1.54, 1.807) is 28.8 Å². The van der Waals surface area contributed by atoms with Gasteiger partial charge in [-0.05, 0) is 29.8 Å². The average Bonchev–Trinajstić information content (AvgIpc) is 2.70. The second kappa shape index (κ2) is 6.96. The predicted octanol–water partition coefficient (Wildman–Crippen LogP) is 5.13. The molecule has 0 aliphatic rings. The van der Waals surface area contributed by atoms with Gasteiger partial charge in [0.2, 0.25) is 0 Å². The number of aromatic nitrogens is 2. The van der Waals surface area contributed by atoms with E-state index in [-0.39, 0.29) is 11.3 Å². The van der Waals surface area contributed by atoms with Gasteiger partial charge in [0.05, 0.1) is 23.1 Å². The van der Waals surface area contributed by atoms with Gasteiger partial charge in [0.1, 0.15) is 5.69 Å². The van der Waals surface area contributed by atoms with Gasteiger partial charge in [0.15, 0.2) is 0 Å². The third kappa shape index (κ3) is 3.41. The van der Waals surface area contributed by atoms with Crippen LogP contribution in [0.2, 0.25) is 0 Å². The lowest BCUT2D eigenvalue weighted by Gasteiger charge is -2.13. The molecule has 1 aromatic heterocycles. The minimum Gasteiger partial charge on any atom is -0.300 e. The van der Waals surface area contributed by atoms with Gasteiger partial charge in [0.25, 0.3) is 5.56 Å². The molecular formula is C22H15F3N2O. The van der Waals surface area contributed by atoms with E-state index in [4.69, 9.17) is 0 Å². The van der Waals surface area contributed by atoms with E-state index >= 15 is 0 Å². The Morgan fingerprint density at radius 3 is 2.32 bits per heavy atom. The maximum Gasteiger partial charge on any atom is 0.416 e. The Labute approximate surface area is 158 Å². The molecule has 0 saturated heterocycles. The zero-order valence-electron chi connectivity index (χ0n) is 14.6. The number of nitrogens with zero attached hydrogens (tertiary/aromatic N) is 2. The molecule has 3 aromatic carbocycles. The van der Waals surface area contributed by atoms with Crippen LogP contribution in [0, 0.1) is 0 Å². The summed E-state index contributed by atoms with van der Waals surface area (Å²) in [5.74, 6) is 0. The first-order chi connectivity index (χ1) is 13.4. The maximum absolute atomic E-state index is 13.2. The summed E-state index contributed by atoms with van der Waals surface area (Å²) in [7, 11) is 0. The van der Waals surface area contributed by atoms with E-state index in [1.165, 1.54) is 12.1 Å². The SMILES string of the molecule is O=c1c(-c2cccc(C(F)(F)F)c2)nc2ccccc2n1Cc1ccccc1. The smallest absolute Gasteiger partial charge is 0.300 e. The molecule has 0 bridgehead atoms. The molecule has 0 unspecified atom stereocenters. The highest BCUT2D eigenvalue weighted by Gasteiger charge is 2.30. The number of hydrogen-bond donors (Lipinski definition) is 0. The van der Waals surface area contributed by atoms with E-state index in [9.17, 15) is 18.0 Å². The zero-order valence-corrected chi connectivity index (χ0v) is 14.6. The van der Waals surface area contributed by atoms with Crippen molar-refractivity contribution in [2.24, 2.45) is 0 Å². The lowest BCUT2D eigenvalue weighted by Crippen LogP contribution is -2.24. The number of para-hydroxylation sites is 2. The Kier molecular flexibility index (Phi) is 4.47. The molecule has 28 heavy (non-hydrogen) atoms. The highest BCUT2D eigenvalue weighted by Crippen LogP contribution is 2.31. The third-order valence-electron chi connectivity index (χ3n) is 4.50. The largest absolute Gasteiger partial charge is 0.416 e. The third-order valence-corrected chi connectivity index (χ3v) is 4.50. The van der Waals surface area contributed by atoms with Crippen molar-refractivity contribution in [2.75, 3.05) is 0 Å². The highest BCUT2D eigenvalue weighted by molar-refractivity contribution is 5.78. The molecule has 3 nitrogen and oxygen atoms in total. The average molecular weight is 380 g/mol. The Morgan fingerprint density at radius 2 is 1.57 bits per heavy atom. The van der Waals surface area contributed by atoms with E-state index in [0.717, 1.165) is 17.7 Å². The first-order valence-corrected chi connectivity index (χ1v) is 8.64. The quantitative estimate of drug-likeness (QED) is 0.494. The van der Waals surface area contributed by atoms with Crippen molar-refractivity contribution in [1.29, 1.82) is 0 Å². The summed E-state index contributed by atoms with van der Waals surface area (Å²) in [6.07, 6.45) is -4.49. The van der Waals surface area contributed by atoms with Crippen LogP contribution in [0.25, 0.3) is 22.3 Å². The van der Waals surface area contributed by atoms with Crippen LogP contribution >= 0.6 is 0 Å². The van der Waals surface area contributed by atoms with E-state index in [0.29, 0.717) is 17.6 Å². The number of rotatable bonds is 3. The number of benzene rings is 3. The summed E-state index contributed by atoms with van der Waals surface area (Å²) in [4.78, 5) is 17.5. The molecule has 140 valence electrons. The molecule has 0 N–H and O–H groups in total. The second-order valence-electron chi connectivity index (χ2n) is 6.40. The predicted molar refractivity (Wildman–Crippen MR) is 102 cm³/mol. The van der Waals surface area contributed by atoms with Crippen LogP contribution in [0.3, 0.4) is 0 Å². The second-order valence-corrected chi connectivity index (χ2v) is 6.40. The zero-order chi connectivity index (χ0) is 19.7. The Bertz CT molecular complexity index is 1200. The summed E-state index contributed by atoms with van der Waals surface area (Å²) in [5.41, 5.74) is 0.998. The Balaban J connectivity index is 1.94. The molecule has 0 atom stereocenters. The minimum absolute atomic E-state index is 0.000677. The fourth-order valence-corrected chi connectivity index (χ4v) is 3.15. The molecule has 0 saturated carbocycles. The Hall–Kier alpha value is -3.41. The normalized spacial score (nSPS) is 11.7. The van der Waals surface area contributed by atoms with Crippen molar-refractivity contribution >= 4 is 11.0 Å². The lowest BCUT2D eigenvalue weighted by atomic mass is 10.1. The molecule has 0 aliphatic carbocycles. The van der Waals surface area contributed by atoms with Crippen molar-refractivity contribution in [3.63, 3.8) is 0 Å². The van der Waals surface area contributed by atoms with Gasteiger partial charge in [-0.2, -0.15) is 13.2 Å². The van der Waals surface area contributed by atoms with Gasteiger partial charge < -0.3 is 4.57 Å². The molecule has 6 heteroatoms. The fraction of sp³-hybridized carbons (Fsp3) is 0.0909. The summed E-state index contributed by atoms with van der Waals surface area (Å²) in [5, 5.41) is 0. The van der Waals surface area contributed by atoms with Crippen molar-refractivity contribution in [1.82, 2.24) is 9.55 Å². The van der Waals surface area contributed by atoms with E-state index in [1.807, 2.05) is 30.3 Å². The maximum atomic E-state index is 13.2. The first kappa shape index (κ1) is 18.0. The molecular weight excluding hydrogens is 365 g/mol. The fourth-order valence-electron chi connectivity index (χ4n) is 3.15. The van der Waals surface area contributed by atoms with Crippen molar-refractivity contribution in [3.05, 3.63) is 100 Å². The molecule has 0 aliphatic heterocycles. The van der Waals surface area contributed by atoms with Gasteiger partial charge in [-0.1, -0.05) is 54.6 Å². The molecule has 0 fully saturated rings. The van der Waals surface area contributed by atoms with Crippen LogP contribution in [-0.4, -0.2) is 9.55 Å². The van der Waals surface area contributed by atoms with Crippen molar-refractivity contribution < 1.29 is 13.2 Å². The van der Waals surface area contributed by atoms with Crippen LogP contribution in [-0.2, 0) is 12.7 Å². The van der Waals surface area contributed by atoms with Gasteiger partial charge in [-0.15, -0.1) is 0 Å². The van der Waals surface area contributed by atoms with Crippen LogP contribution < -0.4 is 5.56 Å². The van der Waals surface area contributed by atoms with E-state index < -0.39 is 17.3 Å². The number of hydrogen-bond acceptors (Lipinski definition) is 2. The lowest BCUT2D eigenvalue weighted by molar-refractivity contribution is -0.137. The van der Waals surface area contributed by atoms with Gasteiger partial charge in [-0.25, -0.2) is 4.98 Å². The summed E-state index contributed by atoms with van der Waals surface area (Å²) < 4.78 is 40.8. The summed E-state index contributed by atoms with van der Waals surface area (Å²) >= 11 is 0. The highest BCUT2D eigenvalue weighted by atomic mass is 19.4. The molecule has 4 rings (SSSR count). The van der Waals surface area contributed by atoms with Gasteiger partial charge in [0, 0.05) is 5.56 Å².